The molecule has 0 bridgehead atoms. The molecule has 0 amide bonds. The van der Waals surface area contributed by atoms with Crippen LogP contribution in [0.4, 0.5) is 0 Å². The second-order valence-electron chi connectivity index (χ2n) is 4.02. The van der Waals surface area contributed by atoms with Crippen molar-refractivity contribution in [3.05, 3.63) is 84.1 Å². The molecule has 0 radical (unpaired) electrons. The third kappa shape index (κ3) is 6.54. The summed E-state index contributed by atoms with van der Waals surface area (Å²) in [6.45, 7) is 4.99. The van der Waals surface area contributed by atoms with Crippen LogP contribution >= 0.6 is 0 Å². The zero-order valence-electron chi connectivity index (χ0n) is 11.1. The summed E-state index contributed by atoms with van der Waals surface area (Å²) in [6.07, 6.45) is 3.94. The fraction of sp³-hybridized carbons (Fsp3) is 0.176. The zero-order chi connectivity index (χ0) is 13.1. The first-order valence-electron chi connectivity index (χ1n) is 6.23. The standard InChI is InChI=1S/C10H13N.C7H8/c1-2-8-11-9-10-6-4-3-5-7-10;1-7-5-3-2-4-6-7/h2-8,11H,9H2,1H3;2-6H,1H3. The largest absolute Gasteiger partial charge is 0.387 e. The van der Waals surface area contributed by atoms with Crippen LogP contribution in [0.2, 0.25) is 0 Å². The summed E-state index contributed by atoms with van der Waals surface area (Å²) in [5.74, 6) is 0. The van der Waals surface area contributed by atoms with E-state index in [9.17, 15) is 0 Å². The number of benzene rings is 2. The number of aryl methyl sites for hydroxylation is 1. The Morgan fingerprint density at radius 2 is 1.44 bits per heavy atom. The van der Waals surface area contributed by atoms with Gasteiger partial charge in [-0.2, -0.15) is 0 Å². The molecule has 1 nitrogen and oxygen atoms in total. The van der Waals surface area contributed by atoms with Gasteiger partial charge in [0.05, 0.1) is 0 Å². The molecule has 2 aromatic rings. The summed E-state index contributed by atoms with van der Waals surface area (Å²) in [5, 5.41) is 3.17. The summed E-state index contributed by atoms with van der Waals surface area (Å²) in [6, 6.07) is 20.6. The van der Waals surface area contributed by atoms with Gasteiger partial charge in [0.25, 0.3) is 0 Å². The first kappa shape index (κ1) is 14.0. The van der Waals surface area contributed by atoms with Crippen LogP contribution in [0.25, 0.3) is 0 Å². The highest BCUT2D eigenvalue weighted by Crippen LogP contribution is 1.96. The number of rotatable bonds is 3. The Bertz CT molecular complexity index is 432. The van der Waals surface area contributed by atoms with Crippen molar-refractivity contribution in [1.29, 1.82) is 0 Å². The van der Waals surface area contributed by atoms with Crippen LogP contribution in [0.15, 0.2) is 72.9 Å². The van der Waals surface area contributed by atoms with E-state index in [1.807, 2.05) is 55.6 Å². The van der Waals surface area contributed by atoms with E-state index in [-0.39, 0.29) is 0 Å². The molecule has 0 aliphatic heterocycles. The molecule has 94 valence electrons. The third-order valence-corrected chi connectivity index (χ3v) is 2.37. The predicted octanol–water partition coefficient (Wildman–Crippen LogP) is 4.30. The molecule has 0 aliphatic rings. The van der Waals surface area contributed by atoms with Gasteiger partial charge in [-0.15, -0.1) is 0 Å². The second-order valence-corrected chi connectivity index (χ2v) is 4.02. The monoisotopic (exact) mass is 239 g/mol. The molecule has 0 aliphatic carbocycles. The first-order chi connectivity index (χ1) is 8.83. The quantitative estimate of drug-likeness (QED) is 0.841. The number of nitrogens with one attached hydrogen (secondary N) is 1. The molecule has 0 saturated carbocycles. The van der Waals surface area contributed by atoms with Crippen LogP contribution in [-0.2, 0) is 6.54 Å². The van der Waals surface area contributed by atoms with Gasteiger partial charge in [-0.25, -0.2) is 0 Å². The molecule has 0 atom stereocenters. The van der Waals surface area contributed by atoms with Gasteiger partial charge in [0.2, 0.25) is 0 Å². The SMILES string of the molecule is CC=CNCc1ccccc1.Cc1ccccc1. The summed E-state index contributed by atoms with van der Waals surface area (Å²) >= 11 is 0. The van der Waals surface area contributed by atoms with Crippen molar-refractivity contribution in [1.82, 2.24) is 5.32 Å². The Morgan fingerprint density at radius 3 is 1.89 bits per heavy atom. The molecule has 0 heterocycles. The van der Waals surface area contributed by atoms with Crippen molar-refractivity contribution >= 4 is 0 Å². The minimum absolute atomic E-state index is 0.908. The third-order valence-electron chi connectivity index (χ3n) is 2.37. The first-order valence-corrected chi connectivity index (χ1v) is 6.23. The lowest BCUT2D eigenvalue weighted by molar-refractivity contribution is 0.868. The van der Waals surface area contributed by atoms with E-state index in [0.717, 1.165) is 6.54 Å². The van der Waals surface area contributed by atoms with Gasteiger partial charge in [0, 0.05) is 6.54 Å². The molecule has 18 heavy (non-hydrogen) atoms. The van der Waals surface area contributed by atoms with Gasteiger partial charge < -0.3 is 5.32 Å². The lowest BCUT2D eigenvalue weighted by Gasteiger charge is -1.98. The minimum atomic E-state index is 0.908. The highest BCUT2D eigenvalue weighted by atomic mass is 14.8. The highest BCUT2D eigenvalue weighted by molar-refractivity contribution is 5.14. The molecule has 0 unspecified atom stereocenters. The number of hydrogen-bond acceptors (Lipinski definition) is 1. The Labute approximate surface area is 110 Å². The molecular weight excluding hydrogens is 218 g/mol. The van der Waals surface area contributed by atoms with Crippen molar-refractivity contribution in [2.75, 3.05) is 0 Å². The molecule has 0 saturated heterocycles. The second kappa shape index (κ2) is 9.06. The van der Waals surface area contributed by atoms with E-state index in [4.69, 9.17) is 0 Å². The fourth-order valence-corrected chi connectivity index (χ4v) is 1.42. The maximum absolute atomic E-state index is 3.17. The number of allylic oxidation sites excluding steroid dienone is 1. The number of hydrogen-bond donors (Lipinski definition) is 1. The molecule has 2 aromatic carbocycles. The van der Waals surface area contributed by atoms with Crippen LogP contribution in [-0.4, -0.2) is 0 Å². The Hall–Kier alpha value is -2.02. The van der Waals surface area contributed by atoms with Gasteiger partial charge in [0.1, 0.15) is 0 Å². The summed E-state index contributed by atoms with van der Waals surface area (Å²) < 4.78 is 0. The summed E-state index contributed by atoms with van der Waals surface area (Å²) in [7, 11) is 0. The van der Waals surface area contributed by atoms with Gasteiger partial charge in [0.15, 0.2) is 0 Å². The van der Waals surface area contributed by atoms with Crippen LogP contribution in [0, 0.1) is 6.92 Å². The maximum Gasteiger partial charge on any atom is 0.0395 e. The molecule has 2 rings (SSSR count). The van der Waals surface area contributed by atoms with E-state index >= 15 is 0 Å². The van der Waals surface area contributed by atoms with E-state index in [2.05, 4.69) is 36.5 Å². The highest BCUT2D eigenvalue weighted by Gasteiger charge is 1.84. The van der Waals surface area contributed by atoms with Gasteiger partial charge in [-0.3, -0.25) is 0 Å². The van der Waals surface area contributed by atoms with Crippen molar-refractivity contribution in [2.24, 2.45) is 0 Å². The van der Waals surface area contributed by atoms with E-state index < -0.39 is 0 Å². The average molecular weight is 239 g/mol. The van der Waals surface area contributed by atoms with Gasteiger partial charge in [-0.05, 0) is 25.6 Å². The van der Waals surface area contributed by atoms with Crippen LogP contribution < -0.4 is 5.32 Å². The van der Waals surface area contributed by atoms with E-state index in [1.165, 1.54) is 11.1 Å². The molecular formula is C17H21N. The maximum atomic E-state index is 3.17. The summed E-state index contributed by atoms with van der Waals surface area (Å²) in [4.78, 5) is 0. The molecule has 0 spiro atoms. The van der Waals surface area contributed by atoms with Crippen molar-refractivity contribution in [3.8, 4) is 0 Å². The van der Waals surface area contributed by atoms with Crippen molar-refractivity contribution < 1.29 is 0 Å². The normalized spacial score (nSPS) is 9.67. The molecule has 1 N–H and O–H groups in total. The minimum Gasteiger partial charge on any atom is -0.387 e. The zero-order valence-corrected chi connectivity index (χ0v) is 11.1. The van der Waals surface area contributed by atoms with Crippen LogP contribution in [0.3, 0.4) is 0 Å². The van der Waals surface area contributed by atoms with Gasteiger partial charge >= 0.3 is 0 Å². The van der Waals surface area contributed by atoms with E-state index in [0.29, 0.717) is 0 Å². The lowest BCUT2D eigenvalue weighted by Crippen LogP contribution is -2.03. The van der Waals surface area contributed by atoms with Crippen molar-refractivity contribution in [2.45, 2.75) is 20.4 Å². The van der Waals surface area contributed by atoms with Gasteiger partial charge in [-0.1, -0.05) is 72.3 Å². The Kier molecular flexibility index (Phi) is 7.07. The van der Waals surface area contributed by atoms with Crippen LogP contribution in [0.1, 0.15) is 18.1 Å². The molecule has 1 heteroatoms. The van der Waals surface area contributed by atoms with E-state index in [1.54, 1.807) is 0 Å². The topological polar surface area (TPSA) is 12.0 Å². The average Bonchev–Trinajstić information content (AvgIpc) is 2.42. The summed E-state index contributed by atoms with van der Waals surface area (Å²) in [5.41, 5.74) is 2.63. The Morgan fingerprint density at radius 1 is 0.889 bits per heavy atom. The Balaban J connectivity index is 0.000000199. The molecule has 0 aromatic heterocycles. The fourth-order valence-electron chi connectivity index (χ4n) is 1.42. The predicted molar refractivity (Wildman–Crippen MR) is 79.3 cm³/mol. The van der Waals surface area contributed by atoms with Crippen LogP contribution in [0.5, 0.6) is 0 Å². The van der Waals surface area contributed by atoms with Crippen molar-refractivity contribution in [3.63, 3.8) is 0 Å². The lowest BCUT2D eigenvalue weighted by atomic mass is 10.2. The molecule has 0 fully saturated rings. The smallest absolute Gasteiger partial charge is 0.0395 e.